The van der Waals surface area contributed by atoms with E-state index in [9.17, 15) is 19.2 Å². The van der Waals surface area contributed by atoms with E-state index in [4.69, 9.17) is 4.74 Å². The van der Waals surface area contributed by atoms with Crippen LogP contribution in [0.4, 0.5) is 0 Å². The smallest absolute Gasteiger partial charge is 0.330 e. The van der Waals surface area contributed by atoms with Crippen LogP contribution in [0.1, 0.15) is 65.7 Å². The van der Waals surface area contributed by atoms with Crippen LogP contribution in [0.5, 0.6) is 0 Å². The molecule has 0 unspecified atom stereocenters. The first-order valence-corrected chi connectivity index (χ1v) is 8.14. The van der Waals surface area contributed by atoms with Gasteiger partial charge in [-0.15, -0.1) is 0 Å². The molecule has 0 spiro atoms. The van der Waals surface area contributed by atoms with E-state index in [-0.39, 0.29) is 30.8 Å². The zero-order valence-corrected chi connectivity index (χ0v) is 15.1. The number of hydrogen-bond donors (Lipinski definition) is 0. The summed E-state index contributed by atoms with van der Waals surface area (Å²) in [6.45, 7) is 5.21. The van der Waals surface area contributed by atoms with Gasteiger partial charge in [0.05, 0.1) is 7.11 Å². The van der Waals surface area contributed by atoms with Crippen molar-refractivity contribution in [2.24, 2.45) is 0 Å². The van der Waals surface area contributed by atoms with Crippen LogP contribution in [-0.2, 0) is 28.7 Å². The number of ether oxygens (including phenoxy) is 2. The van der Waals surface area contributed by atoms with Crippen LogP contribution in [0.25, 0.3) is 0 Å². The summed E-state index contributed by atoms with van der Waals surface area (Å²) in [6.07, 6.45) is 5.57. The molecule has 0 aromatic rings. The van der Waals surface area contributed by atoms with Crippen LogP contribution < -0.4 is 0 Å². The molecule has 0 rings (SSSR count). The summed E-state index contributed by atoms with van der Waals surface area (Å²) in [4.78, 5) is 45.6. The minimum Gasteiger partial charge on any atom is -0.466 e. The number of carbonyl (C=O) groups is 4. The normalized spacial score (nSPS) is 11.3. The fraction of sp³-hybridized carbons (Fsp3) is 0.667. The molecule has 0 bridgehead atoms. The van der Waals surface area contributed by atoms with Crippen LogP contribution in [0.15, 0.2) is 12.2 Å². The number of allylic oxidation sites excluding steroid dienone is 1. The van der Waals surface area contributed by atoms with Gasteiger partial charge in [0.1, 0.15) is 23.6 Å². The molecule has 0 amide bonds. The molecule has 0 atom stereocenters. The Morgan fingerprint density at radius 2 is 1.54 bits per heavy atom. The average Bonchev–Trinajstić information content (AvgIpc) is 2.46. The molecule has 0 aromatic carbocycles. The lowest BCUT2D eigenvalue weighted by atomic mass is 10.0. The Hall–Kier alpha value is -1.98. The average molecular weight is 340 g/mol. The minimum absolute atomic E-state index is 0.00415. The van der Waals surface area contributed by atoms with E-state index >= 15 is 0 Å². The van der Waals surface area contributed by atoms with Crippen molar-refractivity contribution in [3.05, 3.63) is 12.2 Å². The molecular weight excluding hydrogens is 312 g/mol. The largest absolute Gasteiger partial charge is 0.466 e. The van der Waals surface area contributed by atoms with Crippen molar-refractivity contribution >= 4 is 23.5 Å². The molecule has 0 radical (unpaired) electrons. The maximum atomic E-state index is 11.7. The zero-order valence-electron chi connectivity index (χ0n) is 15.1. The Morgan fingerprint density at radius 1 is 0.917 bits per heavy atom. The molecule has 6 nitrogen and oxygen atoms in total. The van der Waals surface area contributed by atoms with Crippen LogP contribution >= 0.6 is 0 Å². The highest BCUT2D eigenvalue weighted by Crippen LogP contribution is 2.10. The first-order valence-electron chi connectivity index (χ1n) is 8.14. The van der Waals surface area contributed by atoms with Crippen molar-refractivity contribution in [3.8, 4) is 0 Å². The molecule has 0 fully saturated rings. The summed E-state index contributed by atoms with van der Waals surface area (Å²) in [7, 11) is 1.31. The molecule has 24 heavy (non-hydrogen) atoms. The number of ketones is 2. The lowest BCUT2D eigenvalue weighted by Crippen LogP contribution is -2.25. The Labute approximate surface area is 143 Å². The van der Waals surface area contributed by atoms with Gasteiger partial charge < -0.3 is 9.47 Å². The highest BCUT2D eigenvalue weighted by Gasteiger charge is 2.19. The second-order valence-electron chi connectivity index (χ2n) is 6.51. The lowest BCUT2D eigenvalue weighted by Gasteiger charge is -2.19. The first kappa shape index (κ1) is 22.0. The Kier molecular flexibility index (Phi) is 10.6. The van der Waals surface area contributed by atoms with Crippen molar-refractivity contribution in [2.75, 3.05) is 7.11 Å². The summed E-state index contributed by atoms with van der Waals surface area (Å²) >= 11 is 0. The van der Waals surface area contributed by atoms with Crippen molar-refractivity contribution in [2.45, 2.75) is 71.3 Å². The van der Waals surface area contributed by atoms with E-state index in [1.165, 1.54) is 13.2 Å². The molecule has 0 N–H and O–H groups in total. The molecule has 136 valence electrons. The van der Waals surface area contributed by atoms with Crippen molar-refractivity contribution in [1.82, 2.24) is 0 Å². The van der Waals surface area contributed by atoms with Gasteiger partial charge in [0.15, 0.2) is 0 Å². The maximum absolute atomic E-state index is 11.7. The van der Waals surface area contributed by atoms with Crippen molar-refractivity contribution < 1.29 is 28.7 Å². The van der Waals surface area contributed by atoms with Gasteiger partial charge in [-0.1, -0.05) is 6.08 Å². The van der Waals surface area contributed by atoms with Gasteiger partial charge in [0, 0.05) is 25.3 Å². The van der Waals surface area contributed by atoms with Gasteiger partial charge >= 0.3 is 11.9 Å². The third-order valence-corrected chi connectivity index (χ3v) is 2.98. The van der Waals surface area contributed by atoms with Gasteiger partial charge in [-0.2, -0.15) is 0 Å². The molecular formula is C18H28O6. The Morgan fingerprint density at radius 3 is 2.12 bits per heavy atom. The van der Waals surface area contributed by atoms with Crippen molar-refractivity contribution in [1.29, 1.82) is 0 Å². The second-order valence-corrected chi connectivity index (χ2v) is 6.51. The topological polar surface area (TPSA) is 86.7 Å². The van der Waals surface area contributed by atoms with E-state index in [1.807, 2.05) is 0 Å². The Bertz CT molecular complexity index is 470. The van der Waals surface area contributed by atoms with Gasteiger partial charge in [-0.25, -0.2) is 4.79 Å². The number of Topliss-reactive ketones (excluding diaryl/α,β-unsaturated/α-hetero) is 2. The predicted octanol–water partition coefficient (Wildman–Crippen LogP) is 2.93. The number of rotatable bonds is 11. The number of carbonyl (C=O) groups excluding carboxylic acids is 4. The number of unbranched alkanes of at least 4 members (excludes halogenated alkanes) is 2. The van der Waals surface area contributed by atoms with Crippen molar-refractivity contribution in [3.63, 3.8) is 0 Å². The summed E-state index contributed by atoms with van der Waals surface area (Å²) in [5, 5.41) is 0. The van der Waals surface area contributed by atoms with E-state index in [0.717, 1.165) is 6.42 Å². The van der Waals surface area contributed by atoms with Crippen LogP contribution in [-0.4, -0.2) is 36.2 Å². The molecule has 0 aliphatic carbocycles. The SMILES string of the molecule is COC(=O)/C=C/CCCCC(=O)CCC(=O)CC(=O)OC(C)(C)C. The fourth-order valence-electron chi connectivity index (χ4n) is 1.86. The third-order valence-electron chi connectivity index (χ3n) is 2.98. The molecule has 0 saturated carbocycles. The fourth-order valence-corrected chi connectivity index (χ4v) is 1.86. The first-order chi connectivity index (χ1) is 11.1. The number of esters is 2. The Balaban J connectivity index is 3.78. The molecule has 6 heteroatoms. The summed E-state index contributed by atoms with van der Waals surface area (Å²) in [5.74, 6) is -1.23. The third kappa shape index (κ3) is 13.7. The van der Waals surface area contributed by atoms with E-state index in [1.54, 1.807) is 26.8 Å². The molecule has 0 aliphatic rings. The standard InChI is InChI=1S/C18H28O6/c1-18(2,3)24-17(22)13-15(20)12-11-14(19)9-7-5-6-8-10-16(21)23-4/h8,10H,5-7,9,11-13H2,1-4H3/b10-8+. The highest BCUT2D eigenvalue weighted by atomic mass is 16.6. The van der Waals surface area contributed by atoms with Crippen LogP contribution in [0.3, 0.4) is 0 Å². The maximum Gasteiger partial charge on any atom is 0.330 e. The van der Waals surface area contributed by atoms with E-state index < -0.39 is 17.5 Å². The van der Waals surface area contributed by atoms with Gasteiger partial charge in [0.2, 0.25) is 0 Å². The quantitative estimate of drug-likeness (QED) is 0.249. The minimum atomic E-state index is -0.616. The predicted molar refractivity (Wildman–Crippen MR) is 89.3 cm³/mol. The number of hydrogen-bond acceptors (Lipinski definition) is 6. The molecule has 0 heterocycles. The zero-order chi connectivity index (χ0) is 18.6. The summed E-state index contributed by atoms with van der Waals surface area (Å²) in [6, 6.07) is 0. The van der Waals surface area contributed by atoms with Crippen LogP contribution in [0.2, 0.25) is 0 Å². The monoisotopic (exact) mass is 340 g/mol. The van der Waals surface area contributed by atoms with Gasteiger partial charge in [-0.3, -0.25) is 14.4 Å². The molecule has 0 aromatic heterocycles. The van der Waals surface area contributed by atoms with Crippen LogP contribution in [0, 0.1) is 0 Å². The lowest BCUT2D eigenvalue weighted by molar-refractivity contribution is -0.156. The van der Waals surface area contributed by atoms with E-state index in [2.05, 4.69) is 4.74 Å². The van der Waals surface area contributed by atoms with Gasteiger partial charge in [0.25, 0.3) is 0 Å². The number of methoxy groups -OCH3 is 1. The second kappa shape index (κ2) is 11.5. The van der Waals surface area contributed by atoms with E-state index in [0.29, 0.717) is 19.3 Å². The summed E-state index contributed by atoms with van der Waals surface area (Å²) in [5.41, 5.74) is -0.616. The van der Waals surface area contributed by atoms with Gasteiger partial charge in [-0.05, 0) is 40.0 Å². The highest BCUT2D eigenvalue weighted by molar-refractivity contribution is 5.97. The summed E-state index contributed by atoms with van der Waals surface area (Å²) < 4.78 is 9.52. The molecule has 0 aliphatic heterocycles. The molecule has 0 saturated heterocycles.